The van der Waals surface area contributed by atoms with E-state index in [0.29, 0.717) is 38.0 Å². The number of benzene rings is 1. The average Bonchev–Trinajstić information content (AvgIpc) is 3.51. The topological polar surface area (TPSA) is 101 Å². The van der Waals surface area contributed by atoms with Crippen LogP contribution < -0.4 is 9.80 Å². The van der Waals surface area contributed by atoms with Crippen LogP contribution in [0.5, 0.6) is 0 Å². The molecule has 1 aromatic carbocycles. The molecule has 2 saturated heterocycles. The molecule has 0 aliphatic carbocycles. The minimum atomic E-state index is -3.27. The first-order valence-corrected chi connectivity index (χ1v) is 17.1. The molecule has 1 spiro atoms. The molecule has 3 aliphatic heterocycles. The van der Waals surface area contributed by atoms with Crippen molar-refractivity contribution in [1.29, 1.82) is 0 Å². The summed E-state index contributed by atoms with van der Waals surface area (Å²) in [5.41, 5.74) is 1.23. The Morgan fingerprint density at radius 1 is 1.21 bits per heavy atom. The first-order valence-electron chi connectivity index (χ1n) is 14.2. The Morgan fingerprint density at radius 3 is 2.72 bits per heavy atom. The van der Waals surface area contributed by atoms with Crippen LogP contribution in [0, 0.1) is 5.92 Å². The van der Waals surface area contributed by atoms with Crippen LogP contribution in [0.25, 0.3) is 0 Å². The van der Waals surface area contributed by atoms with Crippen molar-refractivity contribution in [1.82, 2.24) is 15.0 Å². The van der Waals surface area contributed by atoms with Gasteiger partial charge < -0.3 is 23.8 Å². The lowest BCUT2D eigenvalue weighted by atomic mass is 9.82. The Kier molecular flexibility index (Phi) is 7.69. The van der Waals surface area contributed by atoms with E-state index in [1.54, 1.807) is 35.9 Å². The number of aliphatic hydroxyl groups is 1. The zero-order chi connectivity index (χ0) is 27.9. The summed E-state index contributed by atoms with van der Waals surface area (Å²) < 4.78 is 24.4. The highest BCUT2D eigenvalue weighted by Crippen LogP contribution is 2.60. The Morgan fingerprint density at radius 2 is 1.97 bits per heavy atom. The zero-order valence-corrected chi connectivity index (χ0v) is 24.4. The molecule has 3 aliphatic rings. The van der Waals surface area contributed by atoms with Gasteiger partial charge >= 0.3 is 0 Å². The maximum atomic E-state index is 16.0. The Balaban J connectivity index is 1.50. The summed E-state index contributed by atoms with van der Waals surface area (Å²) in [4.78, 5) is 30.5. The summed E-state index contributed by atoms with van der Waals surface area (Å²) in [6.45, 7) is 6.44. The third-order valence-electron chi connectivity index (χ3n) is 8.81. The van der Waals surface area contributed by atoms with Crippen molar-refractivity contribution in [2.75, 3.05) is 30.0 Å². The van der Waals surface area contributed by atoms with E-state index in [1.807, 2.05) is 30.0 Å². The number of aryl methyl sites for hydroxylation is 1. The van der Waals surface area contributed by atoms with Crippen LogP contribution in [-0.4, -0.2) is 66.6 Å². The van der Waals surface area contributed by atoms with Gasteiger partial charge in [0.15, 0.2) is 5.60 Å². The fourth-order valence-corrected chi connectivity index (χ4v) is 9.49. The van der Waals surface area contributed by atoms with Gasteiger partial charge in [0.2, 0.25) is 14.3 Å². The first-order chi connectivity index (χ1) is 18.6. The van der Waals surface area contributed by atoms with E-state index in [0.717, 1.165) is 42.6 Å². The number of halogens is 1. The summed E-state index contributed by atoms with van der Waals surface area (Å²) >= 11 is 0. The van der Waals surface area contributed by atoms with Crippen LogP contribution in [0.15, 0.2) is 24.4 Å². The van der Waals surface area contributed by atoms with Crippen LogP contribution in [0.1, 0.15) is 56.7 Å². The van der Waals surface area contributed by atoms with E-state index in [1.165, 1.54) is 0 Å². The molecule has 9 nitrogen and oxygen atoms in total. The number of aromatic nitrogens is 3. The number of carbonyl (C=O) groups excluding carboxylic acids is 2. The van der Waals surface area contributed by atoms with Crippen molar-refractivity contribution in [3.8, 4) is 0 Å². The highest BCUT2D eigenvalue weighted by atomic mass is 28.4. The molecule has 0 radical (unpaired) electrons. The van der Waals surface area contributed by atoms with E-state index in [9.17, 15) is 14.7 Å². The number of fused-ring (bicyclic) bond motifs is 2. The summed E-state index contributed by atoms with van der Waals surface area (Å²) in [5, 5.41) is 17.4. The second-order valence-electron chi connectivity index (χ2n) is 11.8. The van der Waals surface area contributed by atoms with Crippen LogP contribution in [0.3, 0.4) is 0 Å². The largest absolute Gasteiger partial charge is 0.396 e. The fraction of sp³-hybridized carbons (Fsp3) is 0.643. The van der Waals surface area contributed by atoms with Crippen molar-refractivity contribution in [2.24, 2.45) is 5.92 Å². The summed E-state index contributed by atoms with van der Waals surface area (Å²) in [6, 6.07) is 5.76. The van der Waals surface area contributed by atoms with Gasteiger partial charge in [0, 0.05) is 68.5 Å². The maximum absolute atomic E-state index is 16.0. The molecule has 5 rings (SSSR count). The van der Waals surface area contributed by atoms with E-state index in [-0.39, 0.29) is 24.3 Å². The molecule has 4 atom stereocenters. The predicted octanol–water partition coefficient (Wildman–Crippen LogP) is 3.95. The number of rotatable bonds is 7. The molecule has 2 aromatic rings. The number of aliphatic hydroxyl groups excluding tert-OH is 1. The number of anilines is 2. The van der Waals surface area contributed by atoms with Crippen molar-refractivity contribution < 1.29 is 23.5 Å². The van der Waals surface area contributed by atoms with Gasteiger partial charge in [-0.25, -0.2) is 0 Å². The molecule has 2 fully saturated rings. The van der Waals surface area contributed by atoms with E-state index in [2.05, 4.69) is 10.3 Å². The molecular formula is C28H40FN5O4Si. The summed E-state index contributed by atoms with van der Waals surface area (Å²) in [5.74, 6) is -0.467. The third-order valence-corrected chi connectivity index (χ3v) is 11.3. The van der Waals surface area contributed by atoms with Gasteiger partial charge in [-0.1, -0.05) is 25.0 Å². The summed E-state index contributed by atoms with van der Waals surface area (Å²) in [6.07, 6.45) is 6.71. The molecule has 1 N–H and O–H groups in total. The summed E-state index contributed by atoms with van der Waals surface area (Å²) in [7, 11) is -1.53. The van der Waals surface area contributed by atoms with Crippen LogP contribution in [-0.2, 0) is 32.9 Å². The smallest absolute Gasteiger partial charge is 0.264 e. The third kappa shape index (κ3) is 4.93. The number of hydrogen-bond acceptors (Lipinski definition) is 6. The quantitative estimate of drug-likeness (QED) is 0.409. The zero-order valence-electron chi connectivity index (χ0n) is 23.4. The number of ether oxygens (including phenoxy) is 1. The monoisotopic (exact) mass is 557 g/mol. The maximum Gasteiger partial charge on any atom is 0.264 e. The van der Waals surface area contributed by atoms with Gasteiger partial charge in [-0.15, -0.1) is 5.10 Å². The number of likely N-dealkylation sites (N-methyl/N-ethyl adjacent to an activating group) is 1. The average molecular weight is 558 g/mol. The molecule has 11 heteroatoms. The van der Waals surface area contributed by atoms with Crippen molar-refractivity contribution in [3.05, 3.63) is 35.7 Å². The molecule has 0 saturated carbocycles. The van der Waals surface area contributed by atoms with Gasteiger partial charge in [0.1, 0.15) is 0 Å². The van der Waals surface area contributed by atoms with Crippen molar-refractivity contribution >= 4 is 31.6 Å². The van der Waals surface area contributed by atoms with Gasteiger partial charge in [-0.3, -0.25) is 14.3 Å². The highest BCUT2D eigenvalue weighted by Gasteiger charge is 2.66. The lowest BCUT2D eigenvalue weighted by Crippen LogP contribution is -2.44. The minimum absolute atomic E-state index is 0.00572. The normalized spacial score (nSPS) is 27.8. The van der Waals surface area contributed by atoms with E-state index < -0.39 is 25.7 Å². The number of nitrogens with zero attached hydrogens (tertiary/aromatic N) is 5. The minimum Gasteiger partial charge on any atom is -0.396 e. The van der Waals surface area contributed by atoms with Crippen LogP contribution >= 0.6 is 0 Å². The van der Waals surface area contributed by atoms with Crippen LogP contribution in [0.4, 0.5) is 15.5 Å². The second-order valence-corrected chi connectivity index (χ2v) is 15.6. The molecular weight excluding hydrogens is 517 g/mol. The number of amides is 2. The standard InChI is InChI=1S/C28H40FN5O4Si/c1-19-26(39(3,4)29)24(12-15-33-18-20(13-16-35)30-31-33)38-28(19)22-17-21(10-11-23(22)32(2)27(28)37)34-14-8-6-5-7-9-25(34)36/h10-11,17-19,24,26,35H,5-9,12-16H2,1-4H3/t19-,24+,26-,28+/m0/s1. The molecule has 0 unspecified atom stereocenters. The molecule has 212 valence electrons. The van der Waals surface area contributed by atoms with Gasteiger partial charge in [0.05, 0.1) is 17.5 Å². The Bertz CT molecular complexity index is 1230. The molecule has 4 heterocycles. The first kappa shape index (κ1) is 27.9. The SMILES string of the molecule is C[C@H]1[C@H]([Si](C)(C)F)[C@@H](CCn2cc(CCO)nn2)O[C@]12C(=O)N(C)c1ccc(N3CCCCCCC3=O)cc12. The lowest BCUT2D eigenvalue weighted by molar-refractivity contribution is -0.145. The Labute approximate surface area is 230 Å². The van der Waals surface area contributed by atoms with E-state index >= 15 is 4.11 Å². The van der Waals surface area contributed by atoms with Gasteiger partial charge in [-0.2, -0.15) is 0 Å². The van der Waals surface area contributed by atoms with Crippen molar-refractivity contribution in [2.45, 2.75) is 88.8 Å². The molecule has 1 aromatic heterocycles. The number of carbonyl (C=O) groups is 2. The molecule has 39 heavy (non-hydrogen) atoms. The second kappa shape index (κ2) is 10.7. The number of hydrogen-bond donors (Lipinski definition) is 1. The van der Waals surface area contributed by atoms with Crippen molar-refractivity contribution in [3.63, 3.8) is 0 Å². The highest BCUT2D eigenvalue weighted by molar-refractivity contribution is 6.72. The van der Waals surface area contributed by atoms with E-state index in [4.69, 9.17) is 4.74 Å². The van der Waals surface area contributed by atoms with Gasteiger partial charge in [-0.05, 0) is 50.6 Å². The predicted molar refractivity (Wildman–Crippen MR) is 149 cm³/mol. The molecule has 2 amide bonds. The Hall–Kier alpha value is -2.63. The van der Waals surface area contributed by atoms with Crippen LogP contribution in [0.2, 0.25) is 18.6 Å². The lowest BCUT2D eigenvalue weighted by Gasteiger charge is -2.31. The fourth-order valence-electron chi connectivity index (χ4n) is 6.95. The molecule has 0 bridgehead atoms. The van der Waals surface area contributed by atoms with Gasteiger partial charge in [0.25, 0.3) is 5.91 Å².